The molecule has 2 amide bonds. The maximum Gasteiger partial charge on any atom is 0.319 e. The van der Waals surface area contributed by atoms with Gasteiger partial charge in [-0.3, -0.25) is 0 Å². The van der Waals surface area contributed by atoms with Crippen molar-refractivity contribution in [3.63, 3.8) is 0 Å². The molecule has 0 saturated heterocycles. The summed E-state index contributed by atoms with van der Waals surface area (Å²) in [6, 6.07) is 4.09. The Morgan fingerprint density at radius 1 is 1.28 bits per heavy atom. The zero-order valence-electron chi connectivity index (χ0n) is 14.6. The van der Waals surface area contributed by atoms with Gasteiger partial charge in [-0.15, -0.1) is 0 Å². The minimum atomic E-state index is -0.129. The minimum Gasteiger partial charge on any atom is -0.370 e. The van der Waals surface area contributed by atoms with Gasteiger partial charge < -0.3 is 16.0 Å². The standard InChI is InChI=1S/C20H26N4O/c25-20(24-18-9-6-14-3-1-4-16(14)13-18)22-12-10-17-8-7-15-5-2-11-21-19(15)23-17/h7-9,13-14H,1-6,10-12H2,(H,21,23)(H2,22,24,25). The second kappa shape index (κ2) is 7.30. The number of anilines is 1. The summed E-state index contributed by atoms with van der Waals surface area (Å²) in [5, 5.41) is 9.26. The first-order valence-corrected chi connectivity index (χ1v) is 9.46. The molecular formula is C20H26N4O. The van der Waals surface area contributed by atoms with Crippen molar-refractivity contribution in [2.45, 2.75) is 44.9 Å². The number of carbonyl (C=O) groups excluding carboxylic acids is 1. The third-order valence-corrected chi connectivity index (χ3v) is 5.38. The number of hydrogen-bond acceptors (Lipinski definition) is 3. The van der Waals surface area contributed by atoms with Gasteiger partial charge in [0.25, 0.3) is 0 Å². The summed E-state index contributed by atoms with van der Waals surface area (Å²) in [7, 11) is 0. The number of carbonyl (C=O) groups is 1. The molecule has 2 heterocycles. The van der Waals surface area contributed by atoms with E-state index in [1.54, 1.807) is 0 Å². The lowest BCUT2D eigenvalue weighted by Gasteiger charge is -2.18. The Morgan fingerprint density at radius 2 is 2.24 bits per heavy atom. The van der Waals surface area contributed by atoms with E-state index in [2.05, 4.69) is 45.2 Å². The molecule has 1 fully saturated rings. The van der Waals surface area contributed by atoms with Crippen molar-refractivity contribution in [2.24, 2.45) is 5.92 Å². The van der Waals surface area contributed by atoms with E-state index in [1.165, 1.54) is 36.8 Å². The van der Waals surface area contributed by atoms with Gasteiger partial charge in [-0.05, 0) is 62.1 Å². The molecule has 0 spiro atoms. The summed E-state index contributed by atoms with van der Waals surface area (Å²) >= 11 is 0. The number of hydrogen-bond donors (Lipinski definition) is 3. The summed E-state index contributed by atoms with van der Waals surface area (Å²) in [6.45, 7) is 1.58. The van der Waals surface area contributed by atoms with E-state index < -0.39 is 0 Å². The number of urea groups is 1. The van der Waals surface area contributed by atoms with Gasteiger partial charge in [0, 0.05) is 30.9 Å². The molecule has 4 rings (SSSR count). The van der Waals surface area contributed by atoms with Gasteiger partial charge in [-0.1, -0.05) is 17.7 Å². The fourth-order valence-electron chi connectivity index (χ4n) is 4.00. The van der Waals surface area contributed by atoms with Gasteiger partial charge >= 0.3 is 6.03 Å². The van der Waals surface area contributed by atoms with Crippen LogP contribution in [0, 0.1) is 5.92 Å². The van der Waals surface area contributed by atoms with Crippen LogP contribution in [-0.2, 0) is 12.8 Å². The Hall–Kier alpha value is -2.30. The molecule has 132 valence electrons. The van der Waals surface area contributed by atoms with E-state index in [-0.39, 0.29) is 6.03 Å². The second-order valence-electron chi connectivity index (χ2n) is 7.18. The minimum absolute atomic E-state index is 0.129. The van der Waals surface area contributed by atoms with E-state index in [9.17, 15) is 4.79 Å². The van der Waals surface area contributed by atoms with Crippen molar-refractivity contribution in [1.29, 1.82) is 0 Å². The number of aromatic nitrogens is 1. The first-order valence-electron chi connectivity index (χ1n) is 9.46. The van der Waals surface area contributed by atoms with Crippen LogP contribution in [0.25, 0.3) is 0 Å². The van der Waals surface area contributed by atoms with Crippen LogP contribution >= 0.6 is 0 Å². The number of nitrogens with one attached hydrogen (secondary N) is 3. The molecule has 2 aliphatic carbocycles. The summed E-state index contributed by atoms with van der Waals surface area (Å²) in [4.78, 5) is 16.8. The molecule has 1 aromatic rings. The number of allylic oxidation sites excluding steroid dienone is 3. The number of pyridine rings is 1. The predicted octanol–water partition coefficient (Wildman–Crippen LogP) is 3.30. The molecule has 1 unspecified atom stereocenters. The Morgan fingerprint density at radius 3 is 3.20 bits per heavy atom. The van der Waals surface area contributed by atoms with Gasteiger partial charge in [-0.25, -0.2) is 9.78 Å². The average molecular weight is 338 g/mol. The van der Waals surface area contributed by atoms with Crippen LogP contribution in [0.3, 0.4) is 0 Å². The molecular weight excluding hydrogens is 312 g/mol. The predicted molar refractivity (Wildman–Crippen MR) is 99.4 cm³/mol. The van der Waals surface area contributed by atoms with Crippen LogP contribution < -0.4 is 16.0 Å². The number of amides is 2. The van der Waals surface area contributed by atoms with Gasteiger partial charge in [-0.2, -0.15) is 0 Å². The van der Waals surface area contributed by atoms with Crippen LogP contribution in [0.1, 0.15) is 43.4 Å². The highest BCUT2D eigenvalue weighted by Crippen LogP contribution is 2.36. The normalized spacial score (nSPS) is 21.4. The van der Waals surface area contributed by atoms with E-state index in [4.69, 9.17) is 0 Å². The highest BCUT2D eigenvalue weighted by Gasteiger charge is 2.23. The molecule has 0 aromatic carbocycles. The maximum absolute atomic E-state index is 12.1. The van der Waals surface area contributed by atoms with Crippen molar-refractivity contribution in [2.75, 3.05) is 18.4 Å². The lowest BCUT2D eigenvalue weighted by atomic mass is 9.93. The molecule has 1 atom stereocenters. The molecule has 0 bridgehead atoms. The third-order valence-electron chi connectivity index (χ3n) is 5.38. The topological polar surface area (TPSA) is 66.0 Å². The fourth-order valence-corrected chi connectivity index (χ4v) is 4.00. The van der Waals surface area contributed by atoms with Crippen molar-refractivity contribution >= 4 is 11.8 Å². The Kier molecular flexibility index (Phi) is 4.72. The highest BCUT2D eigenvalue weighted by molar-refractivity contribution is 5.76. The summed E-state index contributed by atoms with van der Waals surface area (Å²) < 4.78 is 0. The maximum atomic E-state index is 12.1. The van der Waals surface area contributed by atoms with Gasteiger partial charge in [0.15, 0.2) is 0 Å². The lowest BCUT2D eigenvalue weighted by molar-refractivity contribution is 0.243. The fraction of sp³-hybridized carbons (Fsp3) is 0.500. The largest absolute Gasteiger partial charge is 0.370 e. The summed E-state index contributed by atoms with van der Waals surface area (Å²) in [5.41, 5.74) is 4.76. The molecule has 1 saturated carbocycles. The number of rotatable bonds is 4. The van der Waals surface area contributed by atoms with Crippen LogP contribution in [0.4, 0.5) is 10.6 Å². The van der Waals surface area contributed by atoms with E-state index in [1.807, 2.05) is 0 Å². The number of fused-ring (bicyclic) bond motifs is 2. The van der Waals surface area contributed by atoms with Crippen molar-refractivity contribution < 1.29 is 4.79 Å². The molecule has 3 aliphatic rings. The molecule has 25 heavy (non-hydrogen) atoms. The van der Waals surface area contributed by atoms with E-state index in [0.29, 0.717) is 6.54 Å². The van der Waals surface area contributed by atoms with Gasteiger partial charge in [0.2, 0.25) is 0 Å². The van der Waals surface area contributed by atoms with Crippen LogP contribution in [0.2, 0.25) is 0 Å². The first kappa shape index (κ1) is 16.2. The molecule has 5 nitrogen and oxygen atoms in total. The average Bonchev–Trinajstić information content (AvgIpc) is 3.09. The van der Waals surface area contributed by atoms with Crippen LogP contribution in [0.5, 0.6) is 0 Å². The monoisotopic (exact) mass is 338 g/mol. The van der Waals surface area contributed by atoms with Gasteiger partial charge in [0.05, 0.1) is 0 Å². The first-order chi connectivity index (χ1) is 12.3. The molecule has 1 aliphatic heterocycles. The summed E-state index contributed by atoms with van der Waals surface area (Å²) in [5.74, 6) is 1.73. The molecule has 0 radical (unpaired) electrons. The molecule has 3 N–H and O–H groups in total. The SMILES string of the molecule is O=C(NCCc1ccc2c(n1)NCCC2)NC1=CCC2CCCC2=C1. The van der Waals surface area contributed by atoms with Crippen LogP contribution in [0.15, 0.2) is 35.6 Å². The zero-order valence-corrected chi connectivity index (χ0v) is 14.6. The van der Waals surface area contributed by atoms with Crippen molar-refractivity contribution in [1.82, 2.24) is 15.6 Å². The van der Waals surface area contributed by atoms with E-state index >= 15 is 0 Å². The summed E-state index contributed by atoms with van der Waals surface area (Å²) in [6.07, 6.45) is 12.1. The highest BCUT2D eigenvalue weighted by atomic mass is 16.2. The Bertz CT molecular complexity index is 722. The number of aryl methyl sites for hydroxylation is 1. The van der Waals surface area contributed by atoms with Crippen molar-refractivity contribution in [3.8, 4) is 0 Å². The van der Waals surface area contributed by atoms with Crippen molar-refractivity contribution in [3.05, 3.63) is 46.8 Å². The smallest absolute Gasteiger partial charge is 0.319 e. The van der Waals surface area contributed by atoms with Crippen LogP contribution in [-0.4, -0.2) is 24.1 Å². The Balaban J connectivity index is 1.25. The Labute approximate surface area is 149 Å². The number of nitrogens with zero attached hydrogens (tertiary/aromatic N) is 1. The molecule has 5 heteroatoms. The molecule has 1 aromatic heterocycles. The van der Waals surface area contributed by atoms with E-state index in [0.717, 1.165) is 48.9 Å². The van der Waals surface area contributed by atoms with Gasteiger partial charge in [0.1, 0.15) is 5.82 Å². The second-order valence-corrected chi connectivity index (χ2v) is 7.18. The quantitative estimate of drug-likeness (QED) is 0.789. The third kappa shape index (κ3) is 3.86. The zero-order chi connectivity index (χ0) is 17.1. The lowest BCUT2D eigenvalue weighted by Crippen LogP contribution is -2.36.